The predicted molar refractivity (Wildman–Crippen MR) is 91.7 cm³/mol. The van der Waals surface area contributed by atoms with Gasteiger partial charge in [0.1, 0.15) is 5.60 Å². The Kier molecular flexibility index (Phi) is 3.88. The van der Waals surface area contributed by atoms with Crippen molar-refractivity contribution in [2.24, 2.45) is 22.7 Å². The number of ether oxygens (including phenoxy) is 2. The number of aliphatic hydroxyl groups excluding tert-OH is 2. The van der Waals surface area contributed by atoms with Gasteiger partial charge in [0.2, 0.25) is 0 Å². The summed E-state index contributed by atoms with van der Waals surface area (Å²) in [5.41, 5.74) is 0.0368. The van der Waals surface area contributed by atoms with E-state index in [0.717, 1.165) is 24.8 Å². The van der Waals surface area contributed by atoms with Crippen LogP contribution in [-0.4, -0.2) is 47.2 Å². The normalized spacial score (nSPS) is 50.0. The molecule has 4 fully saturated rings. The topological polar surface area (TPSA) is 79.3 Å². The van der Waals surface area contributed by atoms with Gasteiger partial charge in [-0.3, -0.25) is 0 Å². The third-order valence-corrected chi connectivity index (χ3v) is 7.86. The Labute approximate surface area is 149 Å². The third kappa shape index (κ3) is 2.42. The van der Waals surface area contributed by atoms with E-state index in [2.05, 4.69) is 20.8 Å². The molecule has 0 bridgehead atoms. The molecule has 5 heteroatoms. The van der Waals surface area contributed by atoms with Gasteiger partial charge in [-0.05, 0) is 42.4 Å². The molecule has 6 atom stereocenters. The molecule has 4 rings (SSSR count). The highest BCUT2D eigenvalue weighted by Gasteiger charge is 2.69. The highest BCUT2D eigenvalue weighted by Crippen LogP contribution is 2.66. The van der Waals surface area contributed by atoms with Gasteiger partial charge in [-0.1, -0.05) is 26.8 Å². The molecule has 25 heavy (non-hydrogen) atoms. The van der Waals surface area contributed by atoms with Crippen LogP contribution < -0.4 is 0 Å². The molecule has 2 aliphatic heterocycles. The van der Waals surface area contributed by atoms with Crippen molar-refractivity contribution in [3.05, 3.63) is 11.6 Å². The van der Waals surface area contributed by atoms with Crippen LogP contribution in [0.3, 0.4) is 0 Å². The maximum absolute atomic E-state index is 11.8. The highest BCUT2D eigenvalue weighted by atomic mass is 16.6. The summed E-state index contributed by atoms with van der Waals surface area (Å²) < 4.78 is 10.9. The molecule has 140 valence electrons. The molecule has 5 nitrogen and oxygen atoms in total. The molecule has 4 aliphatic rings. The van der Waals surface area contributed by atoms with Crippen LogP contribution in [0, 0.1) is 22.7 Å². The lowest BCUT2D eigenvalue weighted by Crippen LogP contribution is -2.62. The molecule has 2 heterocycles. The lowest BCUT2D eigenvalue weighted by molar-refractivity contribution is -0.184. The number of fused-ring (bicyclic) bond motifs is 1. The lowest BCUT2D eigenvalue weighted by Gasteiger charge is -2.61. The molecule has 1 spiro atoms. The fourth-order valence-electron chi connectivity index (χ4n) is 6.12. The number of rotatable bonds is 2. The quantitative estimate of drug-likeness (QED) is 0.453. The predicted octanol–water partition coefficient (Wildman–Crippen LogP) is 2.20. The molecule has 6 unspecified atom stereocenters. The van der Waals surface area contributed by atoms with Crippen LogP contribution in [0.4, 0.5) is 0 Å². The van der Waals surface area contributed by atoms with Crippen LogP contribution >= 0.6 is 0 Å². The van der Waals surface area contributed by atoms with E-state index in [-0.39, 0.29) is 34.7 Å². The van der Waals surface area contributed by atoms with E-state index in [1.807, 2.05) is 6.08 Å². The zero-order valence-corrected chi connectivity index (χ0v) is 15.5. The highest BCUT2D eigenvalue weighted by molar-refractivity contribution is 5.90. The zero-order valence-electron chi connectivity index (χ0n) is 15.5. The summed E-state index contributed by atoms with van der Waals surface area (Å²) in [7, 11) is 0. The van der Waals surface area contributed by atoms with Crippen molar-refractivity contribution in [2.45, 2.75) is 70.7 Å². The second-order valence-electron chi connectivity index (χ2n) is 9.33. The van der Waals surface area contributed by atoms with Crippen molar-refractivity contribution >= 4 is 5.97 Å². The first-order valence-electron chi connectivity index (χ1n) is 9.58. The van der Waals surface area contributed by atoms with Crippen LogP contribution in [-0.2, 0) is 14.3 Å². The Morgan fingerprint density at radius 1 is 1.24 bits per heavy atom. The van der Waals surface area contributed by atoms with Crippen LogP contribution in [0.1, 0.15) is 52.9 Å². The number of esters is 1. The monoisotopic (exact) mass is 350 g/mol. The minimum absolute atomic E-state index is 0.0158. The van der Waals surface area contributed by atoms with Gasteiger partial charge >= 0.3 is 5.97 Å². The number of cyclic esters (lactones) is 1. The fraction of sp³-hybridized carbons (Fsp3) is 0.850. The standard InChI is InChI=1S/C20H30O5/c1-18(2)14-10-16(22)20(11-25-20)13(19(14,3)8-6-15(18)21)5-4-12-7-9-24-17(12)23/h4,13-16,21-22H,5-11H2,1-3H3. The first-order valence-corrected chi connectivity index (χ1v) is 9.58. The second-order valence-corrected chi connectivity index (χ2v) is 9.33. The van der Waals surface area contributed by atoms with Gasteiger partial charge in [0.05, 0.1) is 25.4 Å². The Hall–Kier alpha value is -0.910. The summed E-state index contributed by atoms with van der Waals surface area (Å²) in [5.74, 6) is 0.178. The first-order chi connectivity index (χ1) is 11.7. The van der Waals surface area contributed by atoms with Gasteiger partial charge in [0.25, 0.3) is 0 Å². The van der Waals surface area contributed by atoms with Crippen molar-refractivity contribution in [3.63, 3.8) is 0 Å². The van der Waals surface area contributed by atoms with Gasteiger partial charge < -0.3 is 19.7 Å². The molecule has 2 N–H and O–H groups in total. The Balaban J connectivity index is 1.68. The smallest absolute Gasteiger partial charge is 0.333 e. The summed E-state index contributed by atoms with van der Waals surface area (Å²) in [5, 5.41) is 21.4. The molecule has 0 amide bonds. The van der Waals surface area contributed by atoms with E-state index in [9.17, 15) is 15.0 Å². The summed E-state index contributed by atoms with van der Waals surface area (Å²) in [6.45, 7) is 7.62. The lowest BCUT2D eigenvalue weighted by atomic mass is 9.44. The third-order valence-electron chi connectivity index (χ3n) is 7.86. The van der Waals surface area contributed by atoms with Crippen molar-refractivity contribution in [1.82, 2.24) is 0 Å². The van der Waals surface area contributed by atoms with E-state index < -0.39 is 11.7 Å². The number of hydrogen-bond acceptors (Lipinski definition) is 5. The minimum Gasteiger partial charge on any atom is -0.462 e. The Bertz CT molecular complexity index is 605. The van der Waals surface area contributed by atoms with Crippen LogP contribution in [0.2, 0.25) is 0 Å². The van der Waals surface area contributed by atoms with E-state index in [1.165, 1.54) is 0 Å². The van der Waals surface area contributed by atoms with Gasteiger partial charge in [-0.2, -0.15) is 0 Å². The van der Waals surface area contributed by atoms with Crippen LogP contribution in [0.25, 0.3) is 0 Å². The minimum atomic E-state index is -0.505. The summed E-state index contributed by atoms with van der Waals surface area (Å²) in [4.78, 5) is 11.8. The zero-order chi connectivity index (χ0) is 18.0. The number of carbonyl (C=O) groups excluding carboxylic acids is 1. The molecule has 0 aromatic carbocycles. The molecule has 2 aliphatic carbocycles. The molecule has 0 radical (unpaired) electrons. The summed E-state index contributed by atoms with van der Waals surface area (Å²) in [6.07, 6.45) is 4.95. The summed E-state index contributed by atoms with van der Waals surface area (Å²) >= 11 is 0. The molecule has 0 aromatic rings. The van der Waals surface area contributed by atoms with Crippen molar-refractivity contribution < 1.29 is 24.5 Å². The van der Waals surface area contributed by atoms with Crippen LogP contribution in [0.5, 0.6) is 0 Å². The van der Waals surface area contributed by atoms with E-state index in [0.29, 0.717) is 26.1 Å². The van der Waals surface area contributed by atoms with Crippen molar-refractivity contribution in [3.8, 4) is 0 Å². The maximum Gasteiger partial charge on any atom is 0.333 e. The Morgan fingerprint density at radius 2 is 1.96 bits per heavy atom. The fourth-order valence-corrected chi connectivity index (χ4v) is 6.12. The molecular weight excluding hydrogens is 320 g/mol. The maximum atomic E-state index is 11.8. The van der Waals surface area contributed by atoms with Crippen molar-refractivity contribution in [2.75, 3.05) is 13.2 Å². The second kappa shape index (κ2) is 5.54. The van der Waals surface area contributed by atoms with Gasteiger partial charge in [-0.25, -0.2) is 4.79 Å². The van der Waals surface area contributed by atoms with Gasteiger partial charge in [-0.15, -0.1) is 0 Å². The van der Waals surface area contributed by atoms with Crippen molar-refractivity contribution in [1.29, 1.82) is 0 Å². The molecule has 2 saturated heterocycles. The number of carbonyl (C=O) groups is 1. The van der Waals surface area contributed by atoms with E-state index in [1.54, 1.807) is 0 Å². The average molecular weight is 350 g/mol. The van der Waals surface area contributed by atoms with Gasteiger partial charge in [0.15, 0.2) is 0 Å². The van der Waals surface area contributed by atoms with E-state index in [4.69, 9.17) is 9.47 Å². The number of epoxide rings is 1. The average Bonchev–Trinajstić information content (AvgIpc) is 3.24. The first kappa shape index (κ1) is 17.5. The largest absolute Gasteiger partial charge is 0.462 e. The SMILES string of the molecule is CC1(C)C(O)CCC2(C)C1CC(O)C1(CO1)C2CC=C1CCOC1=O. The molecular formula is C20H30O5. The van der Waals surface area contributed by atoms with Gasteiger partial charge in [0, 0.05) is 17.9 Å². The van der Waals surface area contributed by atoms with Crippen LogP contribution in [0.15, 0.2) is 11.6 Å². The molecule has 0 aromatic heterocycles. The Morgan fingerprint density at radius 3 is 2.56 bits per heavy atom. The number of aliphatic hydroxyl groups is 2. The van der Waals surface area contributed by atoms with E-state index >= 15 is 0 Å². The summed E-state index contributed by atoms with van der Waals surface area (Å²) in [6, 6.07) is 0. The number of hydrogen-bond donors (Lipinski definition) is 2. The number of allylic oxidation sites excluding steroid dienone is 1. The molecule has 2 saturated carbocycles.